The van der Waals surface area contributed by atoms with E-state index in [1.807, 2.05) is 0 Å². The van der Waals surface area contributed by atoms with Gasteiger partial charge in [0.15, 0.2) is 5.78 Å². The molecule has 0 atom stereocenters. The molecule has 6 nitrogen and oxygen atoms in total. The minimum Gasteiger partial charge on any atom is -0.467 e. The van der Waals surface area contributed by atoms with Crippen LogP contribution in [-0.4, -0.2) is 21.9 Å². The SMILES string of the molecule is O=C1c2ccccc2C(=O)c2c1c(C(=O)NCc1ccco1)c1ccccn21. The van der Waals surface area contributed by atoms with Gasteiger partial charge in [-0.25, -0.2) is 0 Å². The topological polar surface area (TPSA) is 80.8 Å². The second-order valence-corrected chi connectivity index (χ2v) is 6.52. The molecule has 28 heavy (non-hydrogen) atoms. The van der Waals surface area contributed by atoms with Gasteiger partial charge in [-0.2, -0.15) is 0 Å². The maximum Gasteiger partial charge on any atom is 0.254 e. The zero-order valence-corrected chi connectivity index (χ0v) is 14.6. The summed E-state index contributed by atoms with van der Waals surface area (Å²) in [6, 6.07) is 15.4. The van der Waals surface area contributed by atoms with Crippen LogP contribution in [0.15, 0.2) is 71.5 Å². The van der Waals surface area contributed by atoms with E-state index < -0.39 is 5.91 Å². The number of furan rings is 1. The highest BCUT2D eigenvalue weighted by Gasteiger charge is 2.37. The third kappa shape index (κ3) is 2.24. The van der Waals surface area contributed by atoms with E-state index in [1.165, 1.54) is 6.26 Å². The molecule has 0 radical (unpaired) electrons. The number of carbonyl (C=O) groups excluding carboxylic acids is 3. The van der Waals surface area contributed by atoms with E-state index in [0.717, 1.165) is 0 Å². The van der Waals surface area contributed by atoms with E-state index in [-0.39, 0.29) is 34.9 Å². The third-order valence-electron chi connectivity index (χ3n) is 4.93. The highest BCUT2D eigenvalue weighted by atomic mass is 16.3. The summed E-state index contributed by atoms with van der Waals surface area (Å²) in [5.41, 5.74) is 1.75. The van der Waals surface area contributed by atoms with Crippen LogP contribution >= 0.6 is 0 Å². The van der Waals surface area contributed by atoms with Crippen molar-refractivity contribution in [1.29, 1.82) is 0 Å². The Balaban J connectivity index is 1.69. The fourth-order valence-electron chi connectivity index (χ4n) is 3.69. The first-order chi connectivity index (χ1) is 13.7. The van der Waals surface area contributed by atoms with Gasteiger partial charge in [0.1, 0.15) is 11.5 Å². The van der Waals surface area contributed by atoms with Crippen molar-refractivity contribution in [3.8, 4) is 0 Å². The highest BCUT2D eigenvalue weighted by molar-refractivity contribution is 6.32. The highest BCUT2D eigenvalue weighted by Crippen LogP contribution is 2.33. The molecule has 0 saturated heterocycles. The predicted molar refractivity (Wildman–Crippen MR) is 101 cm³/mol. The molecule has 0 fully saturated rings. The van der Waals surface area contributed by atoms with Gasteiger partial charge in [-0.3, -0.25) is 14.4 Å². The summed E-state index contributed by atoms with van der Waals surface area (Å²) in [4.78, 5) is 39.4. The lowest BCUT2D eigenvalue weighted by atomic mass is 9.86. The molecule has 1 amide bonds. The van der Waals surface area contributed by atoms with Crippen molar-refractivity contribution in [3.63, 3.8) is 0 Å². The lowest BCUT2D eigenvalue weighted by Gasteiger charge is -2.15. The van der Waals surface area contributed by atoms with Crippen LogP contribution in [0.4, 0.5) is 0 Å². The summed E-state index contributed by atoms with van der Waals surface area (Å²) >= 11 is 0. The molecule has 0 aliphatic heterocycles. The van der Waals surface area contributed by atoms with Gasteiger partial charge in [0.05, 0.1) is 29.5 Å². The third-order valence-corrected chi connectivity index (χ3v) is 4.93. The largest absolute Gasteiger partial charge is 0.467 e. The Labute approximate surface area is 159 Å². The number of hydrogen-bond donors (Lipinski definition) is 1. The smallest absolute Gasteiger partial charge is 0.254 e. The number of nitrogens with zero attached hydrogens (tertiary/aromatic N) is 1. The zero-order valence-electron chi connectivity index (χ0n) is 14.6. The second kappa shape index (κ2) is 6.06. The van der Waals surface area contributed by atoms with E-state index >= 15 is 0 Å². The number of carbonyl (C=O) groups is 3. The number of amides is 1. The van der Waals surface area contributed by atoms with E-state index in [4.69, 9.17) is 4.42 Å². The molecule has 0 spiro atoms. The molecular formula is C22H14N2O4. The lowest BCUT2D eigenvalue weighted by Crippen LogP contribution is -2.27. The molecule has 3 aromatic heterocycles. The van der Waals surface area contributed by atoms with Crippen LogP contribution in [0.1, 0.15) is 48.1 Å². The summed E-state index contributed by atoms with van der Waals surface area (Å²) in [6.07, 6.45) is 3.22. The van der Waals surface area contributed by atoms with Gasteiger partial charge in [0.2, 0.25) is 5.78 Å². The summed E-state index contributed by atoms with van der Waals surface area (Å²) in [5.74, 6) is -0.422. The summed E-state index contributed by atoms with van der Waals surface area (Å²) < 4.78 is 6.86. The molecule has 0 bridgehead atoms. The summed E-state index contributed by atoms with van der Waals surface area (Å²) in [7, 11) is 0. The van der Waals surface area contributed by atoms with Crippen molar-refractivity contribution in [3.05, 3.63) is 101 Å². The Kier molecular flexibility index (Phi) is 3.52. The minimum atomic E-state index is -0.429. The molecule has 1 aliphatic rings. The Morgan fingerprint density at radius 1 is 0.929 bits per heavy atom. The van der Waals surface area contributed by atoms with Crippen molar-refractivity contribution < 1.29 is 18.8 Å². The maximum absolute atomic E-state index is 13.2. The van der Waals surface area contributed by atoms with Crippen LogP contribution in [-0.2, 0) is 6.54 Å². The Morgan fingerprint density at radius 2 is 1.68 bits per heavy atom. The first-order valence-electron chi connectivity index (χ1n) is 8.79. The molecule has 136 valence electrons. The number of rotatable bonds is 3. The number of pyridine rings is 1. The van der Waals surface area contributed by atoms with Gasteiger partial charge in [-0.05, 0) is 24.3 Å². The molecule has 1 aromatic carbocycles. The molecule has 0 saturated carbocycles. The number of hydrogen-bond acceptors (Lipinski definition) is 4. The first-order valence-corrected chi connectivity index (χ1v) is 8.79. The van der Waals surface area contributed by atoms with Crippen LogP contribution < -0.4 is 5.32 Å². The monoisotopic (exact) mass is 370 g/mol. The number of ketones is 2. The number of fused-ring (bicyclic) bond motifs is 4. The van der Waals surface area contributed by atoms with Crippen LogP contribution in [0.3, 0.4) is 0 Å². The van der Waals surface area contributed by atoms with Gasteiger partial charge >= 0.3 is 0 Å². The molecule has 1 aliphatic carbocycles. The molecule has 3 heterocycles. The Hall–Kier alpha value is -3.93. The van der Waals surface area contributed by atoms with Gasteiger partial charge < -0.3 is 14.1 Å². The van der Waals surface area contributed by atoms with E-state index in [1.54, 1.807) is 65.2 Å². The zero-order chi connectivity index (χ0) is 19.3. The van der Waals surface area contributed by atoms with Gasteiger partial charge in [0, 0.05) is 17.3 Å². The van der Waals surface area contributed by atoms with Crippen molar-refractivity contribution in [2.24, 2.45) is 0 Å². The molecule has 6 heteroatoms. The average Bonchev–Trinajstić information content (AvgIpc) is 3.36. The molecule has 5 rings (SSSR count). The second-order valence-electron chi connectivity index (χ2n) is 6.52. The molecule has 0 unspecified atom stereocenters. The Morgan fingerprint density at radius 3 is 2.43 bits per heavy atom. The number of benzene rings is 1. The van der Waals surface area contributed by atoms with Crippen LogP contribution in [0.2, 0.25) is 0 Å². The Bertz CT molecular complexity index is 1270. The molecule has 4 aromatic rings. The van der Waals surface area contributed by atoms with Crippen LogP contribution in [0, 0.1) is 0 Å². The maximum atomic E-state index is 13.2. The van der Waals surface area contributed by atoms with E-state index in [0.29, 0.717) is 22.4 Å². The predicted octanol–water partition coefficient (Wildman–Crippen LogP) is 3.24. The fraction of sp³-hybridized carbons (Fsp3) is 0.0455. The molecular weight excluding hydrogens is 356 g/mol. The fourth-order valence-corrected chi connectivity index (χ4v) is 3.69. The van der Waals surface area contributed by atoms with Gasteiger partial charge in [-0.15, -0.1) is 0 Å². The standard InChI is InChI=1S/C22H14N2O4/c25-20-14-7-1-2-8-15(14)21(26)19-18(20)17(16-9-3-4-10-24(16)19)22(27)23-12-13-6-5-11-28-13/h1-11H,12H2,(H,23,27). The quantitative estimate of drug-likeness (QED) is 0.529. The summed E-state index contributed by atoms with van der Waals surface area (Å²) in [6.45, 7) is 0.184. The van der Waals surface area contributed by atoms with Crippen molar-refractivity contribution in [2.45, 2.75) is 6.54 Å². The van der Waals surface area contributed by atoms with E-state index in [9.17, 15) is 14.4 Å². The van der Waals surface area contributed by atoms with Crippen molar-refractivity contribution >= 4 is 23.0 Å². The van der Waals surface area contributed by atoms with Crippen molar-refractivity contribution in [2.75, 3.05) is 0 Å². The van der Waals surface area contributed by atoms with Crippen LogP contribution in [0.25, 0.3) is 5.52 Å². The lowest BCUT2D eigenvalue weighted by molar-refractivity contribution is 0.0936. The van der Waals surface area contributed by atoms with E-state index in [2.05, 4.69) is 5.32 Å². The normalized spacial score (nSPS) is 12.7. The molecule has 1 N–H and O–H groups in total. The van der Waals surface area contributed by atoms with Crippen molar-refractivity contribution in [1.82, 2.24) is 9.72 Å². The average molecular weight is 370 g/mol. The minimum absolute atomic E-state index is 0.145. The summed E-state index contributed by atoms with van der Waals surface area (Å²) in [5, 5.41) is 2.78. The number of nitrogens with one attached hydrogen (secondary N) is 1. The van der Waals surface area contributed by atoms with Gasteiger partial charge in [0.25, 0.3) is 5.91 Å². The first kappa shape index (κ1) is 16.3. The number of aromatic nitrogens is 1. The van der Waals surface area contributed by atoms with Crippen LogP contribution in [0.5, 0.6) is 0 Å². The van der Waals surface area contributed by atoms with Gasteiger partial charge in [-0.1, -0.05) is 30.3 Å².